The van der Waals surface area contributed by atoms with E-state index in [0.717, 1.165) is 0 Å². The Labute approximate surface area is 135 Å². The first-order chi connectivity index (χ1) is 9.41. The molecule has 1 aromatic rings. The zero-order valence-electron chi connectivity index (χ0n) is 10.0. The molecule has 0 saturated heterocycles. The van der Waals surface area contributed by atoms with Crippen molar-refractivity contribution in [2.24, 2.45) is 0 Å². The van der Waals surface area contributed by atoms with Crippen LogP contribution in [-0.4, -0.2) is 34.8 Å². The fourth-order valence-electron chi connectivity index (χ4n) is 1.27. The molecule has 0 unspecified atom stereocenters. The van der Waals surface area contributed by atoms with E-state index in [1.165, 1.54) is 12.1 Å². The van der Waals surface area contributed by atoms with Gasteiger partial charge in [0, 0.05) is 0 Å². The molecule has 0 spiro atoms. The molecule has 0 radical (unpaired) electrons. The first-order valence-electron chi connectivity index (χ1n) is 5.41. The minimum atomic E-state index is -0.841. The fourth-order valence-corrected chi connectivity index (χ4v) is 1.52. The van der Waals surface area contributed by atoms with E-state index in [1.54, 1.807) is 12.1 Å². The second-order valence-corrected chi connectivity index (χ2v) is 6.08. The van der Waals surface area contributed by atoms with Crippen molar-refractivity contribution in [1.82, 2.24) is 0 Å². The van der Waals surface area contributed by atoms with Crippen molar-refractivity contribution >= 4 is 58.3 Å². The van der Waals surface area contributed by atoms with Crippen LogP contribution < -0.4 is 0 Å². The van der Waals surface area contributed by atoms with Gasteiger partial charge in [0.1, 0.15) is 22.9 Å². The van der Waals surface area contributed by atoms with Crippen LogP contribution in [0.5, 0.6) is 0 Å². The van der Waals surface area contributed by atoms with Gasteiger partial charge in [-0.1, -0.05) is 12.1 Å². The van der Waals surface area contributed by atoms with Crippen molar-refractivity contribution in [2.75, 3.05) is 13.2 Å². The first kappa shape index (κ1) is 17.4. The molecule has 0 aromatic heterocycles. The van der Waals surface area contributed by atoms with E-state index in [1.807, 2.05) is 0 Å². The quantitative estimate of drug-likeness (QED) is 0.575. The molecular weight excluding hydrogens is 350 g/mol. The van der Waals surface area contributed by atoms with Gasteiger partial charge in [-0.05, 0) is 12.1 Å². The maximum absolute atomic E-state index is 11.8. The lowest BCUT2D eigenvalue weighted by atomic mass is 10.1. The Bertz CT molecular complexity index is 433. The van der Waals surface area contributed by atoms with Crippen molar-refractivity contribution in [3.05, 3.63) is 35.4 Å². The summed E-state index contributed by atoms with van der Waals surface area (Å²) in [6, 6.07) is 6.01. The number of carbonyl (C=O) groups is 2. The summed E-state index contributed by atoms with van der Waals surface area (Å²) in [5.74, 6) is -1.45. The number of esters is 2. The van der Waals surface area contributed by atoms with Crippen LogP contribution in [0, 0.1) is 0 Å². The van der Waals surface area contributed by atoms with E-state index in [9.17, 15) is 9.59 Å². The van der Waals surface area contributed by atoms with E-state index in [4.69, 9.17) is 55.9 Å². The molecule has 1 aromatic carbocycles. The molecule has 0 aliphatic rings. The van der Waals surface area contributed by atoms with Crippen LogP contribution in [0.15, 0.2) is 24.3 Å². The van der Waals surface area contributed by atoms with Crippen LogP contribution in [0.25, 0.3) is 0 Å². The van der Waals surface area contributed by atoms with E-state index < -0.39 is 21.6 Å². The third-order valence-corrected chi connectivity index (χ3v) is 2.55. The molecule has 8 heteroatoms. The zero-order valence-corrected chi connectivity index (χ0v) is 13.0. The predicted octanol–water partition coefficient (Wildman–Crippen LogP) is 3.61. The van der Waals surface area contributed by atoms with Crippen molar-refractivity contribution < 1.29 is 19.1 Å². The maximum atomic E-state index is 11.8. The highest BCUT2D eigenvalue weighted by Gasteiger charge is 2.20. The number of alkyl halides is 4. The highest BCUT2D eigenvalue weighted by Crippen LogP contribution is 2.14. The number of rotatable bonds is 6. The smallest absolute Gasteiger partial charge is 0.339 e. The molecule has 0 bridgehead atoms. The van der Waals surface area contributed by atoms with E-state index >= 15 is 0 Å². The number of hydrogen-bond acceptors (Lipinski definition) is 4. The Morgan fingerprint density at radius 2 is 1.20 bits per heavy atom. The second kappa shape index (κ2) is 8.57. The highest BCUT2D eigenvalue weighted by molar-refractivity contribution is 6.44. The summed E-state index contributed by atoms with van der Waals surface area (Å²) >= 11 is 21.9. The summed E-state index contributed by atoms with van der Waals surface area (Å²) in [5.41, 5.74) is 0.0966. The summed E-state index contributed by atoms with van der Waals surface area (Å²) in [6.45, 7) is -0.368. The average molecular weight is 360 g/mol. The van der Waals surface area contributed by atoms with E-state index in [-0.39, 0.29) is 24.3 Å². The van der Waals surface area contributed by atoms with Gasteiger partial charge in [0.2, 0.25) is 0 Å². The van der Waals surface area contributed by atoms with Crippen LogP contribution in [0.3, 0.4) is 0 Å². The number of benzene rings is 1. The van der Waals surface area contributed by atoms with E-state index in [0.29, 0.717) is 0 Å². The van der Waals surface area contributed by atoms with Gasteiger partial charge in [0.25, 0.3) is 0 Å². The SMILES string of the molecule is O=C(OCC(Cl)Cl)c1ccccc1C(=O)OCC(Cl)Cl. The molecule has 4 nitrogen and oxygen atoms in total. The number of carbonyl (C=O) groups excluding carboxylic acids is 2. The van der Waals surface area contributed by atoms with Crippen LogP contribution >= 0.6 is 46.4 Å². The molecule has 0 aliphatic heterocycles. The van der Waals surface area contributed by atoms with E-state index in [2.05, 4.69) is 0 Å². The molecule has 0 fully saturated rings. The molecule has 110 valence electrons. The van der Waals surface area contributed by atoms with Crippen LogP contribution in [0.1, 0.15) is 20.7 Å². The molecule has 0 amide bonds. The largest absolute Gasteiger partial charge is 0.459 e. The minimum absolute atomic E-state index is 0.0483. The normalized spacial score (nSPS) is 10.7. The summed E-state index contributed by atoms with van der Waals surface area (Å²) in [7, 11) is 0. The molecular formula is C12H10Cl4O4. The highest BCUT2D eigenvalue weighted by atomic mass is 35.5. The first-order valence-corrected chi connectivity index (χ1v) is 7.16. The number of ether oxygens (including phenoxy) is 2. The van der Waals surface area contributed by atoms with Gasteiger partial charge in [0.05, 0.1) is 11.1 Å². The maximum Gasteiger partial charge on any atom is 0.339 e. The van der Waals surface area contributed by atoms with Crippen molar-refractivity contribution in [3.63, 3.8) is 0 Å². The summed E-state index contributed by atoms with van der Waals surface area (Å²) in [4.78, 5) is 21.9. The topological polar surface area (TPSA) is 52.6 Å². The molecule has 0 atom stereocenters. The lowest BCUT2D eigenvalue weighted by Gasteiger charge is -2.10. The van der Waals surface area contributed by atoms with Crippen molar-refractivity contribution in [3.8, 4) is 0 Å². The van der Waals surface area contributed by atoms with Gasteiger partial charge in [-0.2, -0.15) is 0 Å². The Morgan fingerprint density at radius 3 is 1.50 bits per heavy atom. The Balaban J connectivity index is 2.82. The van der Waals surface area contributed by atoms with Gasteiger partial charge < -0.3 is 9.47 Å². The summed E-state index contributed by atoms with van der Waals surface area (Å²) in [5, 5.41) is 0. The lowest BCUT2D eigenvalue weighted by Crippen LogP contribution is -2.17. The van der Waals surface area contributed by atoms with Gasteiger partial charge in [-0.3, -0.25) is 0 Å². The van der Waals surface area contributed by atoms with Gasteiger partial charge in [-0.15, -0.1) is 46.4 Å². The number of halogens is 4. The molecule has 0 N–H and O–H groups in total. The second-order valence-electron chi connectivity index (χ2n) is 3.52. The van der Waals surface area contributed by atoms with Gasteiger partial charge in [0.15, 0.2) is 0 Å². The number of hydrogen-bond donors (Lipinski definition) is 0. The van der Waals surface area contributed by atoms with Gasteiger partial charge >= 0.3 is 11.9 Å². The average Bonchev–Trinajstić information content (AvgIpc) is 2.42. The summed E-state index contributed by atoms with van der Waals surface area (Å²) in [6.07, 6.45) is 0. The molecule has 1 rings (SSSR count). The monoisotopic (exact) mass is 358 g/mol. The Hall–Kier alpha value is -0.680. The zero-order chi connectivity index (χ0) is 15.1. The van der Waals surface area contributed by atoms with Crippen molar-refractivity contribution in [1.29, 1.82) is 0 Å². The third-order valence-electron chi connectivity index (χ3n) is 2.05. The fraction of sp³-hybridized carbons (Fsp3) is 0.333. The Kier molecular flexibility index (Phi) is 7.45. The molecule has 20 heavy (non-hydrogen) atoms. The van der Waals surface area contributed by atoms with Crippen LogP contribution in [0.2, 0.25) is 0 Å². The standard InChI is InChI=1S/C12H10Cl4O4/c13-9(14)5-19-11(17)7-3-1-2-4-8(7)12(18)20-6-10(15)16/h1-4,9-10H,5-6H2. The molecule has 0 aliphatic carbocycles. The molecule has 0 heterocycles. The van der Waals surface area contributed by atoms with Crippen molar-refractivity contribution in [2.45, 2.75) is 9.67 Å². The third kappa shape index (κ3) is 5.75. The lowest BCUT2D eigenvalue weighted by molar-refractivity contribution is 0.0474. The van der Waals surface area contributed by atoms with Crippen LogP contribution in [0.4, 0.5) is 0 Å². The summed E-state index contributed by atoms with van der Waals surface area (Å²) < 4.78 is 9.69. The Morgan fingerprint density at radius 1 is 0.850 bits per heavy atom. The van der Waals surface area contributed by atoms with Gasteiger partial charge in [-0.25, -0.2) is 9.59 Å². The molecule has 0 saturated carbocycles. The van der Waals surface area contributed by atoms with Crippen LogP contribution in [-0.2, 0) is 9.47 Å². The minimum Gasteiger partial charge on any atom is -0.459 e. The predicted molar refractivity (Wildman–Crippen MR) is 78.0 cm³/mol.